The van der Waals surface area contributed by atoms with Crippen LogP contribution < -0.4 is 0 Å². The molecule has 1 aromatic rings. The van der Waals surface area contributed by atoms with Crippen molar-refractivity contribution in [3.05, 3.63) is 32.9 Å². The van der Waals surface area contributed by atoms with Crippen LogP contribution in [0.5, 0.6) is 0 Å². The summed E-state index contributed by atoms with van der Waals surface area (Å²) in [5, 5.41) is 0. The van der Waals surface area contributed by atoms with Crippen LogP contribution in [0.15, 0.2) is 18.2 Å². The van der Waals surface area contributed by atoms with E-state index in [1.54, 1.807) is 0 Å². The maximum atomic E-state index is 11.6. The molecule has 0 saturated carbocycles. The molecule has 92 valence electrons. The maximum absolute atomic E-state index is 11.6. The molecule has 0 radical (unpaired) electrons. The number of carbonyl (C=O) groups is 2. The highest BCUT2D eigenvalue weighted by Gasteiger charge is 2.15. The van der Waals surface area contributed by atoms with Gasteiger partial charge in [-0.05, 0) is 34.2 Å². The van der Waals surface area contributed by atoms with Crippen LogP contribution in [0.4, 0.5) is 0 Å². The molecule has 0 spiro atoms. The van der Waals surface area contributed by atoms with Crippen molar-refractivity contribution in [1.29, 1.82) is 0 Å². The summed E-state index contributed by atoms with van der Waals surface area (Å²) < 4.78 is 10.4. The largest absolute Gasteiger partial charge is 0.466 e. The van der Waals surface area contributed by atoms with Gasteiger partial charge in [-0.2, -0.15) is 0 Å². The van der Waals surface area contributed by atoms with Crippen molar-refractivity contribution >= 4 is 34.5 Å². The lowest BCUT2D eigenvalue weighted by Gasteiger charge is -2.09. The fraction of sp³-hybridized carbons (Fsp3) is 0.333. The van der Waals surface area contributed by atoms with Crippen LogP contribution in [0, 0.1) is 3.57 Å². The molecular formula is C12H13IO4. The van der Waals surface area contributed by atoms with E-state index in [2.05, 4.69) is 22.6 Å². The lowest BCUT2D eigenvalue weighted by atomic mass is 10.1. The fourth-order valence-corrected chi connectivity index (χ4v) is 2.19. The van der Waals surface area contributed by atoms with E-state index in [9.17, 15) is 9.59 Å². The lowest BCUT2D eigenvalue weighted by Crippen LogP contribution is -2.11. The third-order valence-corrected chi connectivity index (χ3v) is 3.07. The third-order valence-electron chi connectivity index (χ3n) is 2.17. The topological polar surface area (TPSA) is 52.6 Å². The van der Waals surface area contributed by atoms with Gasteiger partial charge in [-0.25, -0.2) is 4.79 Å². The van der Waals surface area contributed by atoms with Crippen molar-refractivity contribution in [2.75, 3.05) is 13.7 Å². The van der Waals surface area contributed by atoms with Gasteiger partial charge in [0.15, 0.2) is 0 Å². The van der Waals surface area contributed by atoms with Crippen LogP contribution in [-0.2, 0) is 20.7 Å². The summed E-state index contributed by atoms with van der Waals surface area (Å²) in [6, 6.07) is 5.53. The van der Waals surface area contributed by atoms with Crippen molar-refractivity contribution in [3.63, 3.8) is 0 Å². The highest BCUT2D eigenvalue weighted by Crippen LogP contribution is 2.18. The highest BCUT2D eigenvalue weighted by atomic mass is 127. The zero-order valence-electron chi connectivity index (χ0n) is 9.66. The Labute approximate surface area is 113 Å². The second-order valence-corrected chi connectivity index (χ2v) is 4.52. The normalized spacial score (nSPS) is 9.82. The summed E-state index contributed by atoms with van der Waals surface area (Å²) in [4.78, 5) is 22.3. The van der Waals surface area contributed by atoms with Gasteiger partial charge in [-0.15, -0.1) is 0 Å². The van der Waals surface area contributed by atoms with E-state index in [1.165, 1.54) is 14.0 Å². The molecule has 0 N–H and O–H groups in total. The van der Waals surface area contributed by atoms with Crippen molar-refractivity contribution in [1.82, 2.24) is 0 Å². The molecule has 0 unspecified atom stereocenters. The second kappa shape index (κ2) is 6.58. The van der Waals surface area contributed by atoms with Gasteiger partial charge < -0.3 is 9.47 Å². The molecule has 0 aromatic heterocycles. The standard InChI is InChI=1S/C12H13IO4/c1-8(14)17-7-6-9-4-3-5-10(13)11(9)12(15)16-2/h3-5H,6-7H2,1-2H3. The van der Waals surface area contributed by atoms with E-state index in [-0.39, 0.29) is 18.5 Å². The van der Waals surface area contributed by atoms with E-state index in [4.69, 9.17) is 9.47 Å². The number of ether oxygens (including phenoxy) is 2. The summed E-state index contributed by atoms with van der Waals surface area (Å²) in [6.07, 6.45) is 0.501. The number of hydrogen-bond donors (Lipinski definition) is 0. The third kappa shape index (κ3) is 3.99. The van der Waals surface area contributed by atoms with Crippen LogP contribution in [0.3, 0.4) is 0 Å². The van der Waals surface area contributed by atoms with Crippen LogP contribution in [0.1, 0.15) is 22.8 Å². The molecule has 0 heterocycles. The van der Waals surface area contributed by atoms with Crippen molar-refractivity contribution in [3.8, 4) is 0 Å². The minimum atomic E-state index is -0.368. The van der Waals surface area contributed by atoms with Crippen LogP contribution in [0.25, 0.3) is 0 Å². The highest BCUT2D eigenvalue weighted by molar-refractivity contribution is 14.1. The van der Waals surface area contributed by atoms with E-state index in [0.717, 1.165) is 9.13 Å². The number of carbonyl (C=O) groups excluding carboxylic acids is 2. The first kappa shape index (κ1) is 14.0. The Balaban J connectivity index is 2.87. The van der Waals surface area contributed by atoms with Crippen LogP contribution >= 0.6 is 22.6 Å². The Morgan fingerprint density at radius 3 is 2.65 bits per heavy atom. The Morgan fingerprint density at radius 1 is 1.35 bits per heavy atom. The molecule has 0 bridgehead atoms. The molecule has 0 saturated heterocycles. The molecule has 0 atom stereocenters. The van der Waals surface area contributed by atoms with Gasteiger partial charge in [-0.3, -0.25) is 4.79 Å². The molecule has 0 fully saturated rings. The SMILES string of the molecule is COC(=O)c1c(I)cccc1CCOC(C)=O. The van der Waals surface area contributed by atoms with Crippen LogP contribution in [0.2, 0.25) is 0 Å². The average molecular weight is 348 g/mol. The Bertz CT molecular complexity index is 429. The van der Waals surface area contributed by atoms with Gasteiger partial charge in [-0.1, -0.05) is 12.1 Å². The maximum Gasteiger partial charge on any atom is 0.339 e. The minimum Gasteiger partial charge on any atom is -0.466 e. The van der Waals surface area contributed by atoms with E-state index >= 15 is 0 Å². The number of esters is 2. The lowest BCUT2D eigenvalue weighted by molar-refractivity contribution is -0.140. The first-order chi connectivity index (χ1) is 8.06. The molecule has 0 aliphatic heterocycles. The Kier molecular flexibility index (Phi) is 5.40. The second-order valence-electron chi connectivity index (χ2n) is 3.36. The van der Waals surface area contributed by atoms with Gasteiger partial charge in [0.1, 0.15) is 0 Å². The Morgan fingerprint density at radius 2 is 2.06 bits per heavy atom. The molecule has 1 rings (SSSR count). The molecule has 0 aliphatic rings. The quantitative estimate of drug-likeness (QED) is 0.618. The van der Waals surface area contributed by atoms with Gasteiger partial charge in [0.05, 0.1) is 19.3 Å². The van der Waals surface area contributed by atoms with Crippen molar-refractivity contribution in [2.45, 2.75) is 13.3 Å². The molecular weight excluding hydrogens is 335 g/mol. The zero-order valence-corrected chi connectivity index (χ0v) is 11.8. The molecule has 5 heteroatoms. The van der Waals surface area contributed by atoms with Crippen LogP contribution in [-0.4, -0.2) is 25.7 Å². The minimum absolute atomic E-state index is 0.263. The predicted octanol–water partition coefficient (Wildman–Crippen LogP) is 2.18. The number of halogens is 1. The summed E-state index contributed by atoms with van der Waals surface area (Å²) in [5.74, 6) is -0.692. The smallest absolute Gasteiger partial charge is 0.339 e. The van der Waals surface area contributed by atoms with E-state index in [1.807, 2.05) is 18.2 Å². The molecule has 0 aliphatic carbocycles. The van der Waals surface area contributed by atoms with E-state index < -0.39 is 0 Å². The number of benzene rings is 1. The van der Waals surface area contributed by atoms with E-state index in [0.29, 0.717) is 12.0 Å². The fourth-order valence-electron chi connectivity index (χ4n) is 1.41. The van der Waals surface area contributed by atoms with Gasteiger partial charge in [0, 0.05) is 16.9 Å². The summed E-state index contributed by atoms with van der Waals surface area (Å²) >= 11 is 2.08. The molecule has 17 heavy (non-hydrogen) atoms. The predicted molar refractivity (Wildman–Crippen MR) is 70.8 cm³/mol. The first-order valence-corrected chi connectivity index (χ1v) is 6.13. The summed E-state index contributed by atoms with van der Waals surface area (Å²) in [5.41, 5.74) is 1.37. The van der Waals surface area contributed by atoms with Gasteiger partial charge >= 0.3 is 11.9 Å². The number of methoxy groups -OCH3 is 1. The molecule has 0 amide bonds. The van der Waals surface area contributed by atoms with Gasteiger partial charge in [0.2, 0.25) is 0 Å². The molecule has 4 nitrogen and oxygen atoms in total. The Hall–Kier alpha value is -1.11. The summed E-state index contributed by atoms with van der Waals surface area (Å²) in [6.45, 7) is 1.62. The van der Waals surface area contributed by atoms with Crippen molar-refractivity contribution in [2.24, 2.45) is 0 Å². The van der Waals surface area contributed by atoms with Crippen molar-refractivity contribution < 1.29 is 19.1 Å². The van der Waals surface area contributed by atoms with Gasteiger partial charge in [0.25, 0.3) is 0 Å². The number of hydrogen-bond acceptors (Lipinski definition) is 4. The zero-order chi connectivity index (χ0) is 12.8. The number of rotatable bonds is 4. The monoisotopic (exact) mass is 348 g/mol. The average Bonchev–Trinajstić information content (AvgIpc) is 2.28. The first-order valence-electron chi connectivity index (χ1n) is 5.05. The summed E-state index contributed by atoms with van der Waals surface area (Å²) in [7, 11) is 1.35. The molecule has 1 aromatic carbocycles.